The van der Waals surface area contributed by atoms with Gasteiger partial charge in [-0.05, 0) is 74.9 Å². The Morgan fingerprint density at radius 3 is 1.93 bits per heavy atom. The number of likely N-dealkylation sites (N-methyl/N-ethyl adjacent to an activating group) is 1. The van der Waals surface area contributed by atoms with Gasteiger partial charge in [-0.15, -0.1) is 0 Å². The second-order valence-corrected chi connectivity index (χ2v) is 13.2. The Balaban J connectivity index is 2.29. The van der Waals surface area contributed by atoms with E-state index in [1.54, 1.807) is 32.9 Å². The van der Waals surface area contributed by atoms with Gasteiger partial charge in [0.1, 0.15) is 34.8 Å². The first-order chi connectivity index (χ1) is 19.6. The number of phenols is 1. The number of nitrogens with zero attached hydrogens (tertiary/aromatic N) is 1. The van der Waals surface area contributed by atoms with E-state index >= 15 is 0 Å². The van der Waals surface area contributed by atoms with Crippen LogP contribution in [0.25, 0.3) is 0 Å². The van der Waals surface area contributed by atoms with Crippen LogP contribution in [-0.2, 0) is 37.4 Å². The molecule has 2 aromatic rings. The molecule has 0 aromatic heterocycles. The molecule has 0 heterocycles. The van der Waals surface area contributed by atoms with Crippen LogP contribution in [0.2, 0.25) is 0 Å². The number of hydrogen-bond acceptors (Lipinski definition) is 6. The Bertz CT molecular complexity index is 1330. The van der Waals surface area contributed by atoms with Gasteiger partial charge in [-0.1, -0.05) is 45.0 Å². The van der Waals surface area contributed by atoms with Gasteiger partial charge in [0.2, 0.25) is 17.7 Å². The lowest BCUT2D eigenvalue weighted by molar-refractivity contribution is -0.146. The number of benzene rings is 2. The first-order valence-electron chi connectivity index (χ1n) is 14.1. The summed E-state index contributed by atoms with van der Waals surface area (Å²) in [5, 5.41) is 15.5. The third-order valence-electron chi connectivity index (χ3n) is 7.02. The molecule has 0 unspecified atom stereocenters. The number of nitrogens with two attached hydrogens (primary N) is 1. The molecule has 0 radical (unpaired) electrons. The number of carbonyl (C=O) groups excluding carboxylic acids is 4. The van der Waals surface area contributed by atoms with Crippen LogP contribution in [0, 0.1) is 5.82 Å². The molecular weight excluding hydrogens is 555 g/mol. The third-order valence-corrected chi connectivity index (χ3v) is 7.02. The number of rotatable bonds is 10. The molecule has 2 aromatic carbocycles. The van der Waals surface area contributed by atoms with Gasteiger partial charge in [-0.3, -0.25) is 14.4 Å². The van der Waals surface area contributed by atoms with E-state index in [0.29, 0.717) is 16.7 Å². The average Bonchev–Trinajstić information content (AvgIpc) is 2.87. The molecule has 0 aliphatic carbocycles. The van der Waals surface area contributed by atoms with Crippen molar-refractivity contribution in [1.82, 2.24) is 15.5 Å². The summed E-state index contributed by atoms with van der Waals surface area (Å²) in [6.45, 7) is 13.9. The normalized spacial score (nSPS) is 13.4. The van der Waals surface area contributed by atoms with Crippen LogP contribution >= 0.6 is 0 Å². The topological polar surface area (TPSA) is 151 Å². The van der Waals surface area contributed by atoms with Crippen molar-refractivity contribution >= 4 is 23.8 Å². The number of ether oxygens (including phenoxy) is 1. The first kappa shape index (κ1) is 35.0. The molecule has 236 valence electrons. The van der Waals surface area contributed by atoms with E-state index < -0.39 is 52.9 Å². The summed E-state index contributed by atoms with van der Waals surface area (Å²) in [6.07, 6.45) is -0.770. The lowest BCUT2D eigenvalue weighted by Crippen LogP contribution is -2.62. The van der Waals surface area contributed by atoms with Gasteiger partial charge in [0.05, 0.1) is 0 Å². The largest absolute Gasteiger partial charge is 0.508 e. The van der Waals surface area contributed by atoms with Gasteiger partial charge < -0.3 is 31.1 Å². The number of aromatic hydroxyl groups is 1. The minimum atomic E-state index is -1.49. The van der Waals surface area contributed by atoms with Gasteiger partial charge in [-0.25, -0.2) is 9.18 Å². The second-order valence-electron chi connectivity index (χ2n) is 13.2. The summed E-state index contributed by atoms with van der Waals surface area (Å²) in [6, 6.07) is 8.16. The zero-order valence-corrected chi connectivity index (χ0v) is 26.5. The average molecular weight is 601 g/mol. The van der Waals surface area contributed by atoms with E-state index in [0.717, 1.165) is 0 Å². The van der Waals surface area contributed by atoms with Crippen molar-refractivity contribution in [2.24, 2.45) is 5.73 Å². The summed E-state index contributed by atoms with van der Waals surface area (Å²) in [4.78, 5) is 53.4. The van der Waals surface area contributed by atoms with Crippen molar-refractivity contribution in [3.63, 3.8) is 0 Å². The van der Waals surface area contributed by atoms with Crippen LogP contribution in [0.1, 0.15) is 72.1 Å². The Morgan fingerprint density at radius 2 is 1.42 bits per heavy atom. The van der Waals surface area contributed by atoms with E-state index in [-0.39, 0.29) is 24.0 Å². The Labute approximate surface area is 253 Å². The van der Waals surface area contributed by atoms with Gasteiger partial charge in [0, 0.05) is 19.9 Å². The Morgan fingerprint density at radius 1 is 0.884 bits per heavy atom. The molecule has 0 saturated carbocycles. The lowest BCUT2D eigenvalue weighted by Gasteiger charge is -2.37. The summed E-state index contributed by atoms with van der Waals surface area (Å²) in [5.74, 6) is -2.37. The van der Waals surface area contributed by atoms with Crippen molar-refractivity contribution in [3.05, 3.63) is 65.0 Å². The highest BCUT2D eigenvalue weighted by Crippen LogP contribution is 2.31. The van der Waals surface area contributed by atoms with Gasteiger partial charge in [0.15, 0.2) is 0 Å². The fourth-order valence-corrected chi connectivity index (χ4v) is 4.27. The number of phenolic OH excluding ortho intramolecular Hbond substituents is 1. The summed E-state index contributed by atoms with van der Waals surface area (Å²) in [5.41, 5.74) is 4.88. The number of primary amides is 1. The van der Waals surface area contributed by atoms with Crippen LogP contribution in [0.4, 0.5) is 9.18 Å². The van der Waals surface area contributed by atoms with Crippen molar-refractivity contribution in [2.75, 3.05) is 7.05 Å². The molecule has 0 aliphatic heterocycles. The van der Waals surface area contributed by atoms with Crippen molar-refractivity contribution in [1.29, 1.82) is 0 Å². The smallest absolute Gasteiger partial charge is 0.408 e. The number of amides is 4. The molecule has 0 aliphatic rings. The van der Waals surface area contributed by atoms with Gasteiger partial charge in [0.25, 0.3) is 0 Å². The highest BCUT2D eigenvalue weighted by atomic mass is 19.1. The molecule has 43 heavy (non-hydrogen) atoms. The number of nitrogens with one attached hydrogen (secondary N) is 2. The van der Waals surface area contributed by atoms with Crippen molar-refractivity contribution in [3.8, 4) is 5.75 Å². The quantitative estimate of drug-likeness (QED) is 0.326. The summed E-state index contributed by atoms with van der Waals surface area (Å²) in [7, 11) is 1.41. The molecule has 4 amide bonds. The van der Waals surface area contributed by atoms with Crippen LogP contribution in [0.15, 0.2) is 42.5 Å². The van der Waals surface area contributed by atoms with Crippen LogP contribution in [0.5, 0.6) is 5.75 Å². The predicted molar refractivity (Wildman–Crippen MR) is 162 cm³/mol. The maximum atomic E-state index is 13.7. The number of alkyl carbamates (subject to hydrolysis) is 1. The standard InChI is InChI=1S/C32H45FN4O6/c1-30(2,3)22-16-20(12-15-25(22)38)18-23(26(34)39)35-28(41)32(7,8)37(9)27(40)24(36-29(42)43-31(4,5)6)17-19-10-13-21(33)14-11-19/h10-16,23-24,38H,17-18H2,1-9H3,(H2,34,39)(H,35,41)(H,36,42)/t23-,24-/m0/s1. The SMILES string of the molecule is CN(C(=O)[C@H](Cc1ccc(F)cc1)NC(=O)OC(C)(C)C)C(C)(C)C(=O)N[C@@H](Cc1ccc(O)c(C(C)(C)C)c1)C(N)=O. The molecule has 0 fully saturated rings. The second kappa shape index (κ2) is 13.4. The maximum absolute atomic E-state index is 13.7. The highest BCUT2D eigenvalue weighted by molar-refractivity contribution is 5.95. The van der Waals surface area contributed by atoms with Crippen LogP contribution in [-0.4, -0.2) is 64.1 Å². The van der Waals surface area contributed by atoms with Gasteiger partial charge in [-0.2, -0.15) is 0 Å². The minimum Gasteiger partial charge on any atom is -0.508 e. The highest BCUT2D eigenvalue weighted by Gasteiger charge is 2.40. The first-order valence-corrected chi connectivity index (χ1v) is 14.1. The minimum absolute atomic E-state index is 0.00126. The predicted octanol–water partition coefficient (Wildman–Crippen LogP) is 3.71. The fourth-order valence-electron chi connectivity index (χ4n) is 4.27. The molecule has 5 N–H and O–H groups in total. The maximum Gasteiger partial charge on any atom is 0.408 e. The zero-order chi connectivity index (χ0) is 32.9. The summed E-state index contributed by atoms with van der Waals surface area (Å²) < 4.78 is 18.8. The molecule has 2 atom stereocenters. The molecule has 11 heteroatoms. The Hall–Kier alpha value is -4.15. The van der Waals surface area contributed by atoms with E-state index in [2.05, 4.69) is 10.6 Å². The van der Waals surface area contributed by atoms with Crippen molar-refractivity contribution < 1.29 is 33.4 Å². The molecule has 0 spiro atoms. The van der Waals surface area contributed by atoms with Gasteiger partial charge >= 0.3 is 6.09 Å². The molecule has 0 saturated heterocycles. The monoisotopic (exact) mass is 600 g/mol. The van der Waals surface area contributed by atoms with E-state index in [9.17, 15) is 28.7 Å². The van der Waals surface area contributed by atoms with E-state index in [1.165, 1.54) is 56.1 Å². The lowest BCUT2D eigenvalue weighted by atomic mass is 9.84. The van der Waals surface area contributed by atoms with Crippen LogP contribution < -0.4 is 16.4 Å². The fraction of sp³-hybridized carbons (Fsp3) is 0.500. The van der Waals surface area contributed by atoms with Crippen molar-refractivity contribution in [2.45, 2.75) is 96.9 Å². The van der Waals surface area contributed by atoms with E-state index in [4.69, 9.17) is 10.5 Å². The molecular formula is C32H45FN4O6. The van der Waals surface area contributed by atoms with E-state index in [1.807, 2.05) is 20.8 Å². The number of hydrogen-bond donors (Lipinski definition) is 4. The third kappa shape index (κ3) is 9.97. The Kier molecular flexibility index (Phi) is 11.0. The molecule has 0 bridgehead atoms. The number of carbonyl (C=O) groups is 4. The van der Waals surface area contributed by atoms with Crippen LogP contribution in [0.3, 0.4) is 0 Å². The molecule has 10 nitrogen and oxygen atoms in total. The number of halogens is 1. The molecule has 2 rings (SSSR count). The summed E-state index contributed by atoms with van der Waals surface area (Å²) >= 11 is 0. The zero-order valence-electron chi connectivity index (χ0n) is 26.5.